The largest absolute Gasteiger partial charge is 0.197 e. The van der Waals surface area contributed by atoms with E-state index in [-0.39, 0.29) is 13.5 Å². The predicted octanol–water partition coefficient (Wildman–Crippen LogP) is 4.17. The lowest BCUT2D eigenvalue weighted by Crippen LogP contribution is -1.80. The van der Waals surface area contributed by atoms with Gasteiger partial charge in [-0.05, 0) is 12.2 Å². The van der Waals surface area contributed by atoms with Gasteiger partial charge >= 0.3 is 0 Å². The molecule has 0 saturated heterocycles. The Morgan fingerprint density at radius 1 is 0.750 bits per heavy atom. The van der Waals surface area contributed by atoms with Gasteiger partial charge in [0.25, 0.3) is 0 Å². The Labute approximate surface area is 90.4 Å². The standard InChI is InChI=1S/C10H22S.H2S/c1-2-3-4-5-6-7-8-9-10-11;/h11H,2-10H2,1H3;1H2. The van der Waals surface area contributed by atoms with E-state index in [1.807, 2.05) is 0 Å². The summed E-state index contributed by atoms with van der Waals surface area (Å²) in [4.78, 5) is 0. The van der Waals surface area contributed by atoms with E-state index in [9.17, 15) is 0 Å². The molecule has 0 aromatic rings. The lowest BCUT2D eigenvalue weighted by molar-refractivity contribution is 0.586. The number of rotatable bonds is 8. The number of thiol groups is 1. The third-order valence-corrected chi connectivity index (χ3v) is 2.33. The van der Waals surface area contributed by atoms with Crippen molar-refractivity contribution in [2.24, 2.45) is 0 Å². The van der Waals surface area contributed by atoms with Crippen molar-refractivity contribution in [2.45, 2.75) is 58.3 Å². The smallest absolute Gasteiger partial charge is 0.00979 e. The lowest BCUT2D eigenvalue weighted by Gasteiger charge is -1.98. The van der Waals surface area contributed by atoms with E-state index in [1.54, 1.807) is 0 Å². The van der Waals surface area contributed by atoms with E-state index in [1.165, 1.54) is 51.4 Å². The minimum Gasteiger partial charge on any atom is -0.197 e. The van der Waals surface area contributed by atoms with Crippen molar-refractivity contribution < 1.29 is 0 Å². The van der Waals surface area contributed by atoms with Crippen LogP contribution in [0.25, 0.3) is 0 Å². The third kappa shape index (κ3) is 13.3. The van der Waals surface area contributed by atoms with Crippen molar-refractivity contribution in [1.29, 1.82) is 0 Å². The van der Waals surface area contributed by atoms with Crippen LogP contribution >= 0.6 is 26.1 Å². The Bertz CT molecular complexity index is 56.9. The second-order valence-corrected chi connectivity index (χ2v) is 3.65. The maximum absolute atomic E-state index is 4.18. The molecule has 0 nitrogen and oxygen atoms in total. The van der Waals surface area contributed by atoms with E-state index >= 15 is 0 Å². The van der Waals surface area contributed by atoms with Crippen LogP contribution in [0.3, 0.4) is 0 Å². The van der Waals surface area contributed by atoms with Crippen LogP contribution in [0.1, 0.15) is 58.3 Å². The zero-order valence-corrected chi connectivity index (χ0v) is 10.2. The molecule has 0 aliphatic rings. The van der Waals surface area contributed by atoms with Crippen LogP contribution in [0, 0.1) is 0 Å². The summed E-state index contributed by atoms with van der Waals surface area (Å²) >= 11 is 4.18. The highest BCUT2D eigenvalue weighted by Gasteiger charge is 1.89. The Morgan fingerprint density at radius 2 is 1.17 bits per heavy atom. The Morgan fingerprint density at radius 3 is 1.58 bits per heavy atom. The molecule has 0 atom stereocenters. The molecule has 0 fully saturated rings. The monoisotopic (exact) mass is 208 g/mol. The van der Waals surface area contributed by atoms with Crippen molar-refractivity contribution in [3.8, 4) is 0 Å². The van der Waals surface area contributed by atoms with E-state index < -0.39 is 0 Å². The van der Waals surface area contributed by atoms with Gasteiger partial charge in [-0.2, -0.15) is 26.1 Å². The van der Waals surface area contributed by atoms with Gasteiger partial charge in [0.05, 0.1) is 0 Å². The summed E-state index contributed by atoms with van der Waals surface area (Å²) < 4.78 is 0. The van der Waals surface area contributed by atoms with E-state index in [2.05, 4.69) is 19.6 Å². The minimum atomic E-state index is 0. The second kappa shape index (κ2) is 14.2. The molecule has 0 unspecified atom stereocenters. The molecule has 2 heteroatoms. The number of hydrogen-bond acceptors (Lipinski definition) is 1. The molecule has 0 heterocycles. The molecule has 0 rings (SSSR count). The molecule has 76 valence electrons. The number of hydrogen-bond donors (Lipinski definition) is 1. The molecule has 0 bridgehead atoms. The van der Waals surface area contributed by atoms with Crippen LogP contribution < -0.4 is 0 Å². The zero-order valence-electron chi connectivity index (χ0n) is 8.31. The summed E-state index contributed by atoms with van der Waals surface area (Å²) in [7, 11) is 0. The first-order chi connectivity index (χ1) is 5.41. The van der Waals surface area contributed by atoms with Crippen molar-refractivity contribution in [3.63, 3.8) is 0 Å². The van der Waals surface area contributed by atoms with Crippen molar-refractivity contribution >= 4 is 26.1 Å². The molecule has 0 aromatic carbocycles. The fourth-order valence-electron chi connectivity index (χ4n) is 1.25. The first-order valence-electron chi connectivity index (χ1n) is 5.02. The van der Waals surface area contributed by atoms with Gasteiger partial charge in [-0.25, -0.2) is 0 Å². The third-order valence-electron chi connectivity index (χ3n) is 2.01. The van der Waals surface area contributed by atoms with Gasteiger partial charge in [-0.3, -0.25) is 0 Å². The van der Waals surface area contributed by atoms with Crippen LogP contribution in [0.2, 0.25) is 0 Å². The second-order valence-electron chi connectivity index (χ2n) is 3.20. The Balaban J connectivity index is 0. The fraction of sp³-hybridized carbons (Fsp3) is 1.00. The molecule has 0 aliphatic carbocycles. The van der Waals surface area contributed by atoms with Gasteiger partial charge in [0.15, 0.2) is 0 Å². The molecular weight excluding hydrogens is 184 g/mol. The van der Waals surface area contributed by atoms with Crippen LogP contribution in [-0.4, -0.2) is 5.75 Å². The summed E-state index contributed by atoms with van der Waals surface area (Å²) in [5.74, 6) is 1.06. The van der Waals surface area contributed by atoms with Crippen molar-refractivity contribution in [2.75, 3.05) is 5.75 Å². The molecule has 12 heavy (non-hydrogen) atoms. The predicted molar refractivity (Wildman–Crippen MR) is 66.8 cm³/mol. The quantitative estimate of drug-likeness (QED) is 0.449. The molecule has 0 saturated carbocycles. The molecule has 0 amide bonds. The highest BCUT2D eigenvalue weighted by Crippen LogP contribution is 2.08. The van der Waals surface area contributed by atoms with Gasteiger partial charge < -0.3 is 0 Å². The average molecular weight is 208 g/mol. The van der Waals surface area contributed by atoms with Gasteiger partial charge in [-0.1, -0.05) is 51.9 Å². The first-order valence-corrected chi connectivity index (χ1v) is 5.66. The Kier molecular flexibility index (Phi) is 18.0. The van der Waals surface area contributed by atoms with Gasteiger partial charge in [0.1, 0.15) is 0 Å². The van der Waals surface area contributed by atoms with Gasteiger partial charge in [0.2, 0.25) is 0 Å². The van der Waals surface area contributed by atoms with Crippen molar-refractivity contribution in [1.82, 2.24) is 0 Å². The van der Waals surface area contributed by atoms with Crippen molar-refractivity contribution in [3.05, 3.63) is 0 Å². The molecular formula is C10H24S2. The summed E-state index contributed by atoms with van der Waals surface area (Å²) in [6, 6.07) is 0. The van der Waals surface area contributed by atoms with Crippen LogP contribution in [-0.2, 0) is 0 Å². The summed E-state index contributed by atoms with van der Waals surface area (Å²) in [5, 5.41) is 0. The summed E-state index contributed by atoms with van der Waals surface area (Å²) in [5.41, 5.74) is 0. The summed E-state index contributed by atoms with van der Waals surface area (Å²) in [6.07, 6.45) is 11.2. The summed E-state index contributed by atoms with van der Waals surface area (Å²) in [6.45, 7) is 2.26. The average Bonchev–Trinajstić information content (AvgIpc) is 2.03. The van der Waals surface area contributed by atoms with Crippen LogP contribution in [0.5, 0.6) is 0 Å². The van der Waals surface area contributed by atoms with E-state index in [0.29, 0.717) is 0 Å². The molecule has 0 N–H and O–H groups in total. The fourth-order valence-corrected chi connectivity index (χ4v) is 1.47. The molecule has 0 spiro atoms. The van der Waals surface area contributed by atoms with Gasteiger partial charge in [-0.15, -0.1) is 0 Å². The maximum atomic E-state index is 4.18. The Hall–Kier alpha value is 0.700. The first kappa shape index (κ1) is 15.2. The topological polar surface area (TPSA) is 0 Å². The molecule has 0 radical (unpaired) electrons. The molecule has 0 aromatic heterocycles. The zero-order chi connectivity index (χ0) is 8.36. The maximum Gasteiger partial charge on any atom is -0.00979 e. The SMILES string of the molecule is CCCCCCCCCCS.S. The van der Waals surface area contributed by atoms with Crippen LogP contribution in [0.15, 0.2) is 0 Å². The highest BCUT2D eigenvalue weighted by atomic mass is 32.1. The van der Waals surface area contributed by atoms with Crippen LogP contribution in [0.4, 0.5) is 0 Å². The van der Waals surface area contributed by atoms with Gasteiger partial charge in [0, 0.05) is 0 Å². The molecule has 0 aliphatic heterocycles. The normalized spacial score (nSPS) is 9.50. The van der Waals surface area contributed by atoms with E-state index in [0.717, 1.165) is 5.75 Å². The minimum absolute atomic E-state index is 0. The number of unbranched alkanes of at least 4 members (excludes halogenated alkanes) is 7. The van der Waals surface area contributed by atoms with E-state index in [4.69, 9.17) is 0 Å². The lowest BCUT2D eigenvalue weighted by atomic mass is 10.1. The highest BCUT2D eigenvalue weighted by molar-refractivity contribution is 7.80.